The number of hydrogen-bond donors (Lipinski definition) is 2. The summed E-state index contributed by atoms with van der Waals surface area (Å²) in [6, 6.07) is 24.3. The third-order valence-electron chi connectivity index (χ3n) is 8.43. The van der Waals surface area contributed by atoms with Crippen LogP contribution in [0.4, 0.5) is 11.5 Å². The Morgan fingerprint density at radius 3 is 2.32 bits per heavy atom. The molecule has 5 aromatic rings. The van der Waals surface area contributed by atoms with Crippen molar-refractivity contribution in [1.82, 2.24) is 28.5 Å². The lowest BCUT2D eigenvalue weighted by atomic mass is 10.1. The second-order valence-electron chi connectivity index (χ2n) is 11.6. The highest BCUT2D eigenvalue weighted by molar-refractivity contribution is 7.88. The molecule has 3 heterocycles. The number of carbonyl (C=O) groups excluding carboxylic acids is 1. The molecule has 0 spiro atoms. The number of aromatic nitrogens is 4. The van der Waals surface area contributed by atoms with E-state index in [1.54, 1.807) is 49.1 Å². The Morgan fingerprint density at radius 2 is 1.64 bits per heavy atom. The van der Waals surface area contributed by atoms with E-state index in [0.717, 1.165) is 16.7 Å². The summed E-state index contributed by atoms with van der Waals surface area (Å²) in [5.74, 6) is -0.226. The molecule has 3 N–H and O–H groups in total. The van der Waals surface area contributed by atoms with Crippen LogP contribution in [0.15, 0.2) is 89.9 Å². The summed E-state index contributed by atoms with van der Waals surface area (Å²) in [5.41, 5.74) is 11.5. The van der Waals surface area contributed by atoms with Crippen LogP contribution >= 0.6 is 0 Å². The molecule has 0 saturated carbocycles. The minimum absolute atomic E-state index is 0.0710. The van der Waals surface area contributed by atoms with Gasteiger partial charge in [0.1, 0.15) is 17.1 Å². The zero-order valence-corrected chi connectivity index (χ0v) is 27.2. The van der Waals surface area contributed by atoms with Gasteiger partial charge in [0, 0.05) is 56.6 Å². The zero-order valence-electron chi connectivity index (χ0n) is 26.4. The largest absolute Gasteiger partial charge is 0.382 e. The lowest BCUT2D eigenvalue weighted by molar-refractivity contribution is 0.102. The number of sulfonamides is 1. The van der Waals surface area contributed by atoms with Crippen LogP contribution in [0.2, 0.25) is 0 Å². The smallest absolute Gasteiger partial charge is 0.284 e. The van der Waals surface area contributed by atoms with Gasteiger partial charge in [-0.05, 0) is 42.8 Å². The van der Waals surface area contributed by atoms with Crippen molar-refractivity contribution in [2.75, 3.05) is 43.5 Å². The predicted octanol–water partition coefficient (Wildman–Crippen LogP) is 3.52. The normalized spacial score (nSPS) is 14.3. The van der Waals surface area contributed by atoms with E-state index >= 15 is 0 Å². The monoisotopic (exact) mass is 652 g/mol. The highest BCUT2D eigenvalue weighted by atomic mass is 32.2. The molecule has 12 nitrogen and oxygen atoms in total. The Bertz CT molecular complexity index is 2100. The minimum Gasteiger partial charge on any atom is -0.382 e. The number of nitrogens with zero attached hydrogens (tertiary/aromatic N) is 6. The van der Waals surface area contributed by atoms with E-state index < -0.39 is 21.5 Å². The molecule has 1 saturated heterocycles. The molecule has 1 amide bonds. The quantitative estimate of drug-likeness (QED) is 0.259. The number of rotatable bonds is 8. The fraction of sp³-hybridized carbons (Fsp3) is 0.235. The first kappa shape index (κ1) is 31.9. The highest BCUT2D eigenvalue weighted by Gasteiger charge is 2.24. The van der Waals surface area contributed by atoms with Gasteiger partial charge in [0.05, 0.1) is 29.5 Å². The fourth-order valence-electron chi connectivity index (χ4n) is 5.79. The Kier molecular flexibility index (Phi) is 8.78. The van der Waals surface area contributed by atoms with Crippen LogP contribution in [-0.2, 0) is 23.6 Å². The van der Waals surface area contributed by atoms with Crippen LogP contribution in [-0.4, -0.2) is 75.3 Å². The predicted molar refractivity (Wildman–Crippen MR) is 183 cm³/mol. The Hall–Kier alpha value is -5.11. The topological polar surface area (TPSA) is 148 Å². The second kappa shape index (κ2) is 12.9. The third kappa shape index (κ3) is 6.73. The number of hydrogen-bond acceptors (Lipinski definition) is 8. The summed E-state index contributed by atoms with van der Waals surface area (Å²) in [6.45, 7) is 4.72. The number of nitrogens with one attached hydrogen (secondary N) is 1. The third-order valence-corrected chi connectivity index (χ3v) is 9.73. The maximum Gasteiger partial charge on any atom is 0.284 e. The van der Waals surface area contributed by atoms with Gasteiger partial charge in [0.2, 0.25) is 10.0 Å². The van der Waals surface area contributed by atoms with Crippen molar-refractivity contribution >= 4 is 27.4 Å². The van der Waals surface area contributed by atoms with Gasteiger partial charge in [-0.2, -0.15) is 4.31 Å². The molecular formula is C34H36N8O4S. The molecule has 0 radical (unpaired) electrons. The Labute approximate surface area is 273 Å². The van der Waals surface area contributed by atoms with Crippen molar-refractivity contribution in [3.8, 4) is 28.2 Å². The van der Waals surface area contributed by atoms with Crippen LogP contribution in [0, 0.1) is 6.92 Å². The van der Waals surface area contributed by atoms with E-state index in [9.17, 15) is 18.0 Å². The lowest BCUT2D eigenvalue weighted by Gasteiger charge is -2.33. The van der Waals surface area contributed by atoms with Crippen molar-refractivity contribution in [2.24, 2.45) is 7.05 Å². The van der Waals surface area contributed by atoms with Crippen LogP contribution in [0.25, 0.3) is 28.2 Å². The Balaban J connectivity index is 1.17. The van der Waals surface area contributed by atoms with E-state index in [1.807, 2.05) is 48.5 Å². The molecule has 0 unspecified atom stereocenters. The summed E-state index contributed by atoms with van der Waals surface area (Å²) in [4.78, 5) is 38.0. The average Bonchev–Trinajstić information content (AvgIpc) is 3.29. The summed E-state index contributed by atoms with van der Waals surface area (Å²) >= 11 is 0. The highest BCUT2D eigenvalue weighted by Crippen LogP contribution is 2.28. The van der Waals surface area contributed by atoms with Gasteiger partial charge in [-0.3, -0.25) is 19.2 Å². The maximum atomic E-state index is 13.3. The average molecular weight is 653 g/mol. The van der Waals surface area contributed by atoms with E-state index in [2.05, 4.69) is 21.3 Å². The summed E-state index contributed by atoms with van der Waals surface area (Å²) in [7, 11) is -1.43. The summed E-state index contributed by atoms with van der Waals surface area (Å²) < 4.78 is 28.4. The zero-order chi connectivity index (χ0) is 33.3. The number of nitrogen functional groups attached to an aromatic ring is 1. The van der Waals surface area contributed by atoms with Crippen molar-refractivity contribution in [3.05, 3.63) is 112 Å². The van der Waals surface area contributed by atoms with E-state index in [1.165, 1.54) is 15.2 Å². The fourth-order valence-corrected chi connectivity index (χ4v) is 6.62. The molecule has 1 aliphatic rings. The summed E-state index contributed by atoms with van der Waals surface area (Å²) in [5, 5.41) is 2.84. The van der Waals surface area contributed by atoms with Gasteiger partial charge in [-0.25, -0.2) is 23.1 Å². The first-order valence-corrected chi connectivity index (χ1v) is 17.0. The van der Waals surface area contributed by atoms with Crippen LogP contribution in [0.3, 0.4) is 0 Å². The number of nitrogens with two attached hydrogens (primary N) is 1. The van der Waals surface area contributed by atoms with Crippen molar-refractivity contribution in [3.63, 3.8) is 0 Å². The van der Waals surface area contributed by atoms with Crippen LogP contribution < -0.4 is 16.6 Å². The molecule has 1 fully saturated rings. The Morgan fingerprint density at radius 1 is 0.936 bits per heavy atom. The molecule has 0 bridgehead atoms. The molecular weight excluding hydrogens is 616 g/mol. The van der Waals surface area contributed by atoms with Gasteiger partial charge < -0.3 is 11.1 Å². The molecule has 6 rings (SSSR count). The number of anilines is 2. The molecule has 242 valence electrons. The van der Waals surface area contributed by atoms with Gasteiger partial charge in [0.25, 0.3) is 11.5 Å². The van der Waals surface area contributed by atoms with E-state index in [4.69, 9.17) is 10.7 Å². The maximum absolute atomic E-state index is 13.3. The van der Waals surface area contributed by atoms with Crippen LogP contribution in [0.1, 0.15) is 21.6 Å². The van der Waals surface area contributed by atoms with E-state index in [0.29, 0.717) is 61.2 Å². The number of para-hydroxylation sites is 1. The summed E-state index contributed by atoms with van der Waals surface area (Å²) in [6.07, 6.45) is 2.89. The number of piperazine rings is 1. The van der Waals surface area contributed by atoms with Crippen molar-refractivity contribution in [1.29, 1.82) is 0 Å². The molecule has 3 aromatic carbocycles. The van der Waals surface area contributed by atoms with Crippen molar-refractivity contribution < 1.29 is 13.2 Å². The van der Waals surface area contributed by atoms with Crippen LogP contribution in [0.5, 0.6) is 0 Å². The van der Waals surface area contributed by atoms with Gasteiger partial charge >= 0.3 is 0 Å². The van der Waals surface area contributed by atoms with Gasteiger partial charge in [-0.1, -0.05) is 48.5 Å². The van der Waals surface area contributed by atoms with Crippen molar-refractivity contribution in [2.45, 2.75) is 13.5 Å². The SMILES string of the molecule is Cc1c(C(=O)Nc2ccc(-c3nc(-c4cccc(CN5CCN(S(C)(=O)=O)CC5)c4)cnc3N)cc2)c(=O)n(-c2ccccc2)n1C. The molecule has 1 aliphatic heterocycles. The molecule has 0 atom stereocenters. The minimum atomic E-state index is -3.18. The number of amides is 1. The molecule has 47 heavy (non-hydrogen) atoms. The molecule has 0 aliphatic carbocycles. The number of benzene rings is 3. The molecule has 2 aromatic heterocycles. The standard InChI is InChI=1S/C34H36N8O4S/c1-23-30(34(44)42(39(23)2)28-10-5-4-6-11-28)33(43)37-27-14-12-25(13-15-27)31-32(35)36-21-29(38-31)26-9-7-8-24(20-26)22-40-16-18-41(19-17-40)47(3,45)46/h4-15,20-21H,16-19,22H2,1-3H3,(H2,35,36)(H,37,43). The molecule has 13 heteroatoms. The van der Waals surface area contributed by atoms with E-state index in [-0.39, 0.29) is 11.4 Å². The van der Waals surface area contributed by atoms with Gasteiger partial charge in [-0.15, -0.1) is 0 Å². The first-order valence-electron chi connectivity index (χ1n) is 15.1. The number of carbonyl (C=O) groups is 1. The lowest BCUT2D eigenvalue weighted by Crippen LogP contribution is -2.47. The second-order valence-corrected chi connectivity index (χ2v) is 13.6. The first-order chi connectivity index (χ1) is 22.5. The van der Waals surface area contributed by atoms with Gasteiger partial charge in [0.15, 0.2) is 0 Å².